The van der Waals surface area contributed by atoms with E-state index in [0.29, 0.717) is 22.0 Å². The van der Waals surface area contributed by atoms with Crippen molar-refractivity contribution in [2.45, 2.75) is 33.7 Å². The Kier molecular flexibility index (Phi) is 4.74. The van der Waals surface area contributed by atoms with Crippen LogP contribution in [0.1, 0.15) is 37.4 Å². The fraction of sp³-hybridized carbons (Fsp3) is 0.636. The average molecular weight is 261 g/mol. The Morgan fingerprint density at radius 1 is 1.44 bits per heavy atom. The minimum absolute atomic E-state index is 0.310. The summed E-state index contributed by atoms with van der Waals surface area (Å²) in [4.78, 5) is 17.6. The Labute approximate surface area is 105 Å². The largest absolute Gasteiger partial charge is 0.345 e. The molecule has 0 unspecified atom stereocenters. The molecule has 3 nitrogen and oxygen atoms in total. The molecule has 0 saturated heterocycles. The van der Waals surface area contributed by atoms with Crippen LogP contribution in [0, 0.1) is 5.92 Å². The molecule has 1 heterocycles. The first-order chi connectivity index (χ1) is 7.45. The molecule has 0 radical (unpaired) electrons. The predicted molar refractivity (Wildman–Crippen MR) is 69.8 cm³/mol. The van der Waals surface area contributed by atoms with Gasteiger partial charge in [0.1, 0.15) is 4.88 Å². The SMILES string of the molecule is CC(C)CN(c1nc(Cl)c(C=O)s1)C(C)C. The molecule has 0 atom stereocenters. The van der Waals surface area contributed by atoms with Crippen LogP contribution in [0.4, 0.5) is 5.13 Å². The summed E-state index contributed by atoms with van der Waals surface area (Å²) in [6.45, 7) is 9.45. The molecule has 1 aromatic rings. The van der Waals surface area contributed by atoms with Gasteiger partial charge in [-0.1, -0.05) is 36.8 Å². The maximum Gasteiger partial charge on any atom is 0.187 e. The number of rotatable bonds is 5. The van der Waals surface area contributed by atoms with E-state index in [0.717, 1.165) is 18.0 Å². The fourth-order valence-corrected chi connectivity index (χ4v) is 2.61. The number of aromatic nitrogens is 1. The van der Waals surface area contributed by atoms with Crippen LogP contribution in [0.25, 0.3) is 0 Å². The second kappa shape index (κ2) is 5.64. The third kappa shape index (κ3) is 3.19. The topological polar surface area (TPSA) is 33.2 Å². The van der Waals surface area contributed by atoms with Gasteiger partial charge in [0.2, 0.25) is 0 Å². The van der Waals surface area contributed by atoms with Gasteiger partial charge in [0, 0.05) is 12.6 Å². The molecule has 1 rings (SSSR count). The van der Waals surface area contributed by atoms with Crippen LogP contribution in [0.3, 0.4) is 0 Å². The van der Waals surface area contributed by atoms with Crippen molar-refractivity contribution in [1.82, 2.24) is 4.98 Å². The van der Waals surface area contributed by atoms with Crippen molar-refractivity contribution in [2.24, 2.45) is 5.92 Å². The highest BCUT2D eigenvalue weighted by Crippen LogP contribution is 2.29. The lowest BCUT2D eigenvalue weighted by Crippen LogP contribution is -2.33. The van der Waals surface area contributed by atoms with Gasteiger partial charge in [-0.2, -0.15) is 0 Å². The van der Waals surface area contributed by atoms with E-state index in [4.69, 9.17) is 11.6 Å². The van der Waals surface area contributed by atoms with Crippen molar-refractivity contribution in [3.63, 3.8) is 0 Å². The molecule has 90 valence electrons. The number of thiazole rings is 1. The first-order valence-electron chi connectivity index (χ1n) is 5.33. The molecule has 0 N–H and O–H groups in total. The Morgan fingerprint density at radius 3 is 2.44 bits per heavy atom. The Morgan fingerprint density at radius 2 is 2.06 bits per heavy atom. The lowest BCUT2D eigenvalue weighted by molar-refractivity contribution is 0.112. The maximum atomic E-state index is 10.7. The van der Waals surface area contributed by atoms with Gasteiger partial charge in [0.25, 0.3) is 0 Å². The zero-order valence-electron chi connectivity index (χ0n) is 10.0. The first-order valence-corrected chi connectivity index (χ1v) is 6.53. The summed E-state index contributed by atoms with van der Waals surface area (Å²) >= 11 is 7.22. The van der Waals surface area contributed by atoms with Crippen LogP contribution in [-0.2, 0) is 0 Å². The normalized spacial score (nSPS) is 11.2. The van der Waals surface area contributed by atoms with Crippen LogP contribution in [-0.4, -0.2) is 23.9 Å². The van der Waals surface area contributed by atoms with E-state index in [-0.39, 0.29) is 0 Å². The third-order valence-electron chi connectivity index (χ3n) is 2.14. The number of hydrogen-bond donors (Lipinski definition) is 0. The molecule has 0 bridgehead atoms. The van der Waals surface area contributed by atoms with Crippen LogP contribution in [0.5, 0.6) is 0 Å². The molecular formula is C11H17ClN2OS. The van der Waals surface area contributed by atoms with Crippen molar-refractivity contribution in [3.8, 4) is 0 Å². The van der Waals surface area contributed by atoms with Gasteiger partial charge in [0.15, 0.2) is 16.6 Å². The van der Waals surface area contributed by atoms with Gasteiger partial charge in [-0.05, 0) is 19.8 Å². The smallest absolute Gasteiger partial charge is 0.187 e. The van der Waals surface area contributed by atoms with Crippen LogP contribution in [0.15, 0.2) is 0 Å². The van der Waals surface area contributed by atoms with Gasteiger partial charge in [-0.15, -0.1) is 0 Å². The third-order valence-corrected chi connectivity index (χ3v) is 3.55. The van der Waals surface area contributed by atoms with E-state index >= 15 is 0 Å². The van der Waals surface area contributed by atoms with E-state index in [1.165, 1.54) is 11.3 Å². The summed E-state index contributed by atoms with van der Waals surface area (Å²) in [6.07, 6.45) is 0.761. The minimum atomic E-state index is 0.310. The maximum absolute atomic E-state index is 10.7. The minimum Gasteiger partial charge on any atom is -0.345 e. The molecule has 0 amide bonds. The monoisotopic (exact) mass is 260 g/mol. The van der Waals surface area contributed by atoms with Crippen LogP contribution in [0.2, 0.25) is 5.15 Å². The summed E-state index contributed by atoms with van der Waals surface area (Å²) in [7, 11) is 0. The predicted octanol–water partition coefficient (Wildman–Crippen LogP) is 3.48. The highest BCUT2D eigenvalue weighted by Gasteiger charge is 2.18. The summed E-state index contributed by atoms with van der Waals surface area (Å²) in [5.41, 5.74) is 0. The Hall–Kier alpha value is -0.610. The van der Waals surface area contributed by atoms with Crippen LogP contribution < -0.4 is 4.90 Å². The van der Waals surface area contributed by atoms with Crippen molar-refractivity contribution in [1.29, 1.82) is 0 Å². The van der Waals surface area contributed by atoms with E-state index in [2.05, 4.69) is 37.6 Å². The van der Waals surface area contributed by atoms with E-state index < -0.39 is 0 Å². The second-order valence-electron chi connectivity index (χ2n) is 4.41. The second-order valence-corrected chi connectivity index (χ2v) is 5.78. The fourth-order valence-electron chi connectivity index (χ4n) is 1.40. The van der Waals surface area contributed by atoms with Crippen molar-refractivity contribution in [2.75, 3.05) is 11.4 Å². The molecule has 1 aromatic heterocycles. The van der Waals surface area contributed by atoms with Gasteiger partial charge >= 0.3 is 0 Å². The molecule has 0 aliphatic carbocycles. The molecule has 0 aliphatic rings. The van der Waals surface area contributed by atoms with Gasteiger partial charge in [-0.25, -0.2) is 4.98 Å². The number of aldehydes is 1. The highest BCUT2D eigenvalue weighted by atomic mass is 35.5. The first kappa shape index (κ1) is 13.5. The van der Waals surface area contributed by atoms with Crippen LogP contribution >= 0.6 is 22.9 Å². The number of carbonyl (C=O) groups excluding carboxylic acids is 1. The summed E-state index contributed by atoms with van der Waals surface area (Å²) in [5.74, 6) is 0.546. The Balaban J connectivity index is 2.96. The number of nitrogens with zero attached hydrogens (tertiary/aromatic N) is 2. The van der Waals surface area contributed by atoms with Gasteiger partial charge in [-0.3, -0.25) is 4.79 Å². The molecule has 0 aliphatic heterocycles. The number of carbonyl (C=O) groups is 1. The van der Waals surface area contributed by atoms with Crippen molar-refractivity contribution < 1.29 is 4.79 Å². The molecule has 5 heteroatoms. The van der Waals surface area contributed by atoms with E-state index in [1.807, 2.05) is 0 Å². The zero-order valence-corrected chi connectivity index (χ0v) is 11.6. The number of halogens is 1. The quantitative estimate of drug-likeness (QED) is 0.760. The molecular weight excluding hydrogens is 244 g/mol. The summed E-state index contributed by atoms with van der Waals surface area (Å²) in [5, 5.41) is 1.14. The Bertz CT molecular complexity index is 363. The van der Waals surface area contributed by atoms with Crippen molar-refractivity contribution in [3.05, 3.63) is 10.0 Å². The highest BCUT2D eigenvalue weighted by molar-refractivity contribution is 7.17. The zero-order chi connectivity index (χ0) is 12.3. The molecule has 0 spiro atoms. The molecule has 0 aromatic carbocycles. The summed E-state index contributed by atoms with van der Waals surface area (Å²) in [6, 6.07) is 0.351. The molecule has 16 heavy (non-hydrogen) atoms. The van der Waals surface area contributed by atoms with Gasteiger partial charge in [0.05, 0.1) is 0 Å². The van der Waals surface area contributed by atoms with Crippen molar-refractivity contribution >= 4 is 34.4 Å². The van der Waals surface area contributed by atoms with E-state index in [9.17, 15) is 4.79 Å². The number of anilines is 1. The van der Waals surface area contributed by atoms with Gasteiger partial charge < -0.3 is 4.90 Å². The lowest BCUT2D eigenvalue weighted by Gasteiger charge is -2.27. The number of hydrogen-bond acceptors (Lipinski definition) is 4. The standard InChI is InChI=1S/C11H17ClN2OS/c1-7(2)5-14(8(3)4)11-13-10(12)9(6-15)16-11/h6-8H,5H2,1-4H3. The molecule has 0 saturated carbocycles. The molecule has 0 fully saturated rings. The lowest BCUT2D eigenvalue weighted by atomic mass is 10.2. The summed E-state index contributed by atoms with van der Waals surface area (Å²) < 4.78 is 0. The van der Waals surface area contributed by atoms with E-state index in [1.54, 1.807) is 0 Å². The average Bonchev–Trinajstić information content (AvgIpc) is 2.55.